The van der Waals surface area contributed by atoms with Crippen LogP contribution in [0.3, 0.4) is 0 Å². The highest BCUT2D eigenvalue weighted by Crippen LogP contribution is 2.36. The summed E-state index contributed by atoms with van der Waals surface area (Å²) in [7, 11) is 2.98. The third-order valence-electron chi connectivity index (χ3n) is 12.8. The molecule has 0 aliphatic carbocycles. The van der Waals surface area contributed by atoms with Crippen LogP contribution in [0.5, 0.6) is 17.2 Å². The molecule has 94 heavy (non-hydrogen) atoms. The molecule has 0 aliphatic rings. The minimum Gasteiger partial charge on any atom is -0.494 e. The van der Waals surface area contributed by atoms with Gasteiger partial charge in [-0.3, -0.25) is 0 Å². The van der Waals surface area contributed by atoms with E-state index < -0.39 is 41.4 Å². The number of hydrogen-bond donors (Lipinski definition) is 6. The lowest BCUT2D eigenvalue weighted by molar-refractivity contribution is -0.274. The molecule has 5 heterocycles. The molecular weight excluding hydrogens is 1240 g/mol. The van der Waals surface area contributed by atoms with E-state index in [1.165, 1.54) is 55.6 Å². The van der Waals surface area contributed by atoms with Gasteiger partial charge in [0.25, 0.3) is 0 Å². The maximum atomic E-state index is 14.0. The molecule has 0 spiro atoms. The van der Waals surface area contributed by atoms with E-state index in [1.807, 2.05) is 71.9 Å². The summed E-state index contributed by atoms with van der Waals surface area (Å²) in [5.41, 5.74) is 34.9. The van der Waals surface area contributed by atoms with E-state index in [2.05, 4.69) is 59.9 Å². The zero-order valence-electron chi connectivity index (χ0n) is 52.0. The smallest absolute Gasteiger partial charge is 0.494 e. The summed E-state index contributed by atoms with van der Waals surface area (Å²) < 4.78 is 142. The summed E-state index contributed by atoms with van der Waals surface area (Å²) in [6, 6.07) is 33.1. The third-order valence-corrected chi connectivity index (χ3v) is 12.8. The molecule has 10 aromatic rings. The second-order valence-corrected chi connectivity index (χ2v) is 20.0. The Morgan fingerprint density at radius 2 is 0.830 bits per heavy atom. The molecule has 5 aromatic heterocycles. The van der Waals surface area contributed by atoms with E-state index in [0.717, 1.165) is 70.8 Å². The van der Waals surface area contributed by atoms with Crippen LogP contribution in [0.15, 0.2) is 133 Å². The standard InChI is InChI=1S/C15H19N3O.C13H12F3N3O.C13H14FN3O.C12H10F4N4.C12H11F2N3/c1-4-12-9-14(18-15(16)17-12)11-5-7-13(8-6-11)19-10(2)3;1-2-9-7-11(19-12(17)18-9)8-3-5-10(6-4-8)20-13(14,15)16;1-3-9-7-11(17-13(15)16-9)8-4-5-12(18-2)10(14)6-8;1-18-9-5-8(19-11(17)20-9)6-3-2-4-7(10(6)13)12(14,15)16;1-2-8-6-11(17-12(15)16-8)7-3-4-9(13)10(14)5-7/h5-10H,4H2,1-3H3,(H2,16,17,18);3-7H,2H2,1H3,(H2,17,18,19);4-7H,3H2,1-2H3,(H2,15,16,17);2-5H,1H3,(H3,17,18,19,20);3-6H,2H2,1H3,(H2,15,16,17). The van der Waals surface area contributed by atoms with E-state index in [0.29, 0.717) is 58.6 Å². The number of hydrogen-bond acceptors (Lipinski definition) is 19. The molecule has 0 bridgehead atoms. The Hall–Kier alpha value is -11.0. The molecule has 10 rings (SSSR count). The minimum atomic E-state index is -4.77. The predicted octanol–water partition coefficient (Wildman–Crippen LogP) is 14.2. The molecule has 0 fully saturated rings. The maximum absolute atomic E-state index is 14.0. The van der Waals surface area contributed by atoms with Crippen molar-refractivity contribution in [2.45, 2.75) is 85.9 Å². The monoisotopic (exact) mass is 1310 g/mol. The summed E-state index contributed by atoms with van der Waals surface area (Å²) in [6.07, 6.45) is -6.32. The van der Waals surface area contributed by atoms with Gasteiger partial charge in [0, 0.05) is 63.7 Å². The Labute approximate surface area is 534 Å². The van der Waals surface area contributed by atoms with Crippen LogP contribution in [-0.4, -0.2) is 76.5 Å². The minimum absolute atomic E-state index is 0.0227. The summed E-state index contributed by atoms with van der Waals surface area (Å²) in [6.45, 7) is 11.9. The molecule has 494 valence electrons. The van der Waals surface area contributed by atoms with Crippen molar-refractivity contribution in [2.75, 3.05) is 48.1 Å². The summed E-state index contributed by atoms with van der Waals surface area (Å²) >= 11 is 0. The normalized spacial score (nSPS) is 10.9. The van der Waals surface area contributed by atoms with Gasteiger partial charge in [0.05, 0.1) is 47.2 Å². The van der Waals surface area contributed by atoms with Gasteiger partial charge >= 0.3 is 12.5 Å². The number of aryl methyl sites for hydroxylation is 4. The van der Waals surface area contributed by atoms with Crippen LogP contribution in [0.2, 0.25) is 0 Å². The molecule has 0 unspecified atom stereocenters. The van der Waals surface area contributed by atoms with Crippen molar-refractivity contribution >= 4 is 35.6 Å². The molecule has 0 amide bonds. The molecule has 19 nitrogen and oxygen atoms in total. The third kappa shape index (κ3) is 21.3. The number of halogens is 10. The van der Waals surface area contributed by atoms with E-state index in [9.17, 15) is 43.9 Å². The van der Waals surface area contributed by atoms with Crippen LogP contribution in [0.1, 0.15) is 69.9 Å². The van der Waals surface area contributed by atoms with E-state index in [4.69, 9.17) is 38.1 Å². The molecule has 0 saturated heterocycles. The largest absolute Gasteiger partial charge is 0.573 e. The van der Waals surface area contributed by atoms with Gasteiger partial charge in [0.2, 0.25) is 29.7 Å². The van der Waals surface area contributed by atoms with E-state index >= 15 is 0 Å². The average Bonchev–Trinajstić information content (AvgIpc) is 1.05. The number of nitrogens with two attached hydrogens (primary N) is 5. The first-order chi connectivity index (χ1) is 44.5. The molecule has 0 saturated carbocycles. The molecule has 0 atom stereocenters. The fourth-order valence-corrected chi connectivity index (χ4v) is 8.35. The number of nitrogen functional groups attached to an aromatic ring is 5. The second kappa shape index (κ2) is 32.8. The summed E-state index contributed by atoms with van der Waals surface area (Å²) in [5.74, 6) is -1.92. The molecule has 11 N–H and O–H groups in total. The quantitative estimate of drug-likeness (QED) is 0.0551. The van der Waals surface area contributed by atoms with Gasteiger partial charge in [-0.25, -0.2) is 62.4 Å². The van der Waals surface area contributed by atoms with Crippen molar-refractivity contribution in [1.82, 2.24) is 49.8 Å². The fraction of sp³-hybridized carbons (Fsp3) is 0.231. The Bertz CT molecular complexity index is 4150. The highest BCUT2D eigenvalue weighted by molar-refractivity contribution is 5.67. The van der Waals surface area contributed by atoms with Gasteiger partial charge in [-0.2, -0.15) is 18.2 Å². The topological polar surface area (TPSA) is 299 Å². The number of rotatable bonds is 14. The maximum Gasteiger partial charge on any atom is 0.573 e. The van der Waals surface area contributed by atoms with Crippen molar-refractivity contribution in [3.05, 3.63) is 185 Å². The number of methoxy groups -OCH3 is 1. The van der Waals surface area contributed by atoms with Crippen molar-refractivity contribution in [3.8, 4) is 73.5 Å². The van der Waals surface area contributed by atoms with Crippen LogP contribution in [0, 0.1) is 23.3 Å². The zero-order chi connectivity index (χ0) is 69.0. The van der Waals surface area contributed by atoms with Crippen LogP contribution in [-0.2, 0) is 31.9 Å². The number of aromatic nitrogens is 10. The Morgan fingerprint density at radius 1 is 0.436 bits per heavy atom. The van der Waals surface area contributed by atoms with Gasteiger partial charge in [0.1, 0.15) is 23.1 Å². The van der Waals surface area contributed by atoms with Gasteiger partial charge < -0.3 is 48.2 Å². The van der Waals surface area contributed by atoms with Gasteiger partial charge in [-0.1, -0.05) is 33.8 Å². The number of benzene rings is 5. The highest BCUT2D eigenvalue weighted by Gasteiger charge is 2.35. The Morgan fingerprint density at radius 3 is 1.21 bits per heavy atom. The van der Waals surface area contributed by atoms with E-state index in [-0.39, 0.29) is 58.5 Å². The van der Waals surface area contributed by atoms with Crippen molar-refractivity contribution in [2.24, 2.45) is 0 Å². The fourth-order valence-electron chi connectivity index (χ4n) is 8.35. The predicted molar refractivity (Wildman–Crippen MR) is 340 cm³/mol. The van der Waals surface area contributed by atoms with Crippen LogP contribution >= 0.6 is 0 Å². The molecule has 5 aromatic carbocycles. The first-order valence-corrected chi connectivity index (χ1v) is 28.7. The molecule has 29 heteroatoms. The van der Waals surface area contributed by atoms with Gasteiger partial charge in [0.15, 0.2) is 23.2 Å². The van der Waals surface area contributed by atoms with Crippen molar-refractivity contribution < 1.29 is 58.1 Å². The van der Waals surface area contributed by atoms with Crippen molar-refractivity contribution in [1.29, 1.82) is 0 Å². The number of nitrogens with zero attached hydrogens (tertiary/aromatic N) is 10. The number of anilines is 6. The molecular formula is C65H66F10N16O3. The summed E-state index contributed by atoms with van der Waals surface area (Å²) in [5, 5.41) is 2.67. The lowest BCUT2D eigenvalue weighted by Gasteiger charge is -2.11. The van der Waals surface area contributed by atoms with Gasteiger partial charge in [-0.05, 0) is 161 Å². The van der Waals surface area contributed by atoms with E-state index in [1.54, 1.807) is 37.4 Å². The number of ether oxygens (including phenoxy) is 3. The number of alkyl halides is 6. The second-order valence-electron chi connectivity index (χ2n) is 20.0. The lowest BCUT2D eigenvalue weighted by atomic mass is 10.1. The number of nitrogens with one attached hydrogen (secondary N) is 1. The van der Waals surface area contributed by atoms with Gasteiger partial charge in [-0.15, -0.1) is 13.2 Å². The lowest BCUT2D eigenvalue weighted by Crippen LogP contribution is -2.16. The highest BCUT2D eigenvalue weighted by atomic mass is 19.4. The van der Waals surface area contributed by atoms with Crippen molar-refractivity contribution in [3.63, 3.8) is 0 Å². The summed E-state index contributed by atoms with van der Waals surface area (Å²) in [4.78, 5) is 40.3. The first kappa shape index (κ1) is 72.1. The average molecular weight is 1310 g/mol. The Kier molecular flexibility index (Phi) is 25.2. The SMILES string of the molecule is CCc1cc(-c2ccc(F)c(F)c2)nc(N)n1.CCc1cc(-c2ccc(OC(C)C)cc2)nc(N)n1.CCc1cc(-c2ccc(OC(F)(F)F)cc2)nc(N)n1.CCc1cc(-c2ccc(OC)c(F)c2)nc(N)n1.CNc1cc(-c2cccc(C(F)(F)F)c2F)nc(N)n1. The van der Waals surface area contributed by atoms with Crippen LogP contribution in [0.25, 0.3) is 56.3 Å². The Balaban J connectivity index is 0.000000186. The van der Waals surface area contributed by atoms with Crippen LogP contribution < -0.4 is 48.2 Å². The first-order valence-electron chi connectivity index (χ1n) is 28.7. The zero-order valence-corrected chi connectivity index (χ0v) is 52.0. The van der Waals surface area contributed by atoms with Crippen LogP contribution in [0.4, 0.5) is 79.5 Å². The molecule has 0 aliphatic heterocycles. The molecule has 0 radical (unpaired) electrons.